The van der Waals surface area contributed by atoms with Crippen LogP contribution >= 0.6 is 0 Å². The fourth-order valence-corrected chi connectivity index (χ4v) is 4.38. The van der Waals surface area contributed by atoms with Crippen molar-refractivity contribution in [3.8, 4) is 11.3 Å². The lowest BCUT2D eigenvalue weighted by Crippen LogP contribution is -2.51. The summed E-state index contributed by atoms with van der Waals surface area (Å²) in [5.74, 6) is 1.12. The van der Waals surface area contributed by atoms with Crippen molar-refractivity contribution < 1.29 is 4.79 Å². The molecule has 29 heavy (non-hydrogen) atoms. The molecule has 1 aromatic heterocycles. The largest absolute Gasteiger partial charge is 0.357 e. The average molecular weight is 392 g/mol. The van der Waals surface area contributed by atoms with Gasteiger partial charge in [0.05, 0.1) is 12.2 Å². The van der Waals surface area contributed by atoms with E-state index in [1.165, 1.54) is 0 Å². The SMILES string of the molecule is CCNC(=NCc1cccc(-c2ccccn2)c1)N1CCCC2(CNC(=O)C2)C1. The number of pyridine rings is 1. The van der Waals surface area contributed by atoms with Crippen LogP contribution in [-0.4, -0.2) is 47.9 Å². The summed E-state index contributed by atoms with van der Waals surface area (Å²) in [5, 5.41) is 6.46. The van der Waals surface area contributed by atoms with Gasteiger partial charge in [0.1, 0.15) is 0 Å². The molecule has 0 saturated carbocycles. The molecule has 2 fully saturated rings. The number of nitrogens with one attached hydrogen (secondary N) is 2. The highest BCUT2D eigenvalue weighted by molar-refractivity contribution is 5.81. The number of hydrogen-bond acceptors (Lipinski definition) is 3. The fourth-order valence-electron chi connectivity index (χ4n) is 4.38. The molecule has 1 spiro atoms. The van der Waals surface area contributed by atoms with Gasteiger partial charge in [-0.2, -0.15) is 0 Å². The molecule has 2 N–H and O–H groups in total. The molecule has 6 nitrogen and oxygen atoms in total. The Morgan fingerprint density at radius 1 is 1.31 bits per heavy atom. The first-order valence-corrected chi connectivity index (χ1v) is 10.5. The molecule has 4 rings (SSSR count). The van der Waals surface area contributed by atoms with Crippen LogP contribution in [0.25, 0.3) is 11.3 Å². The minimum Gasteiger partial charge on any atom is -0.357 e. The van der Waals surface area contributed by atoms with Gasteiger partial charge in [0.2, 0.25) is 5.91 Å². The summed E-state index contributed by atoms with van der Waals surface area (Å²) in [6.45, 7) is 6.18. The van der Waals surface area contributed by atoms with Gasteiger partial charge in [-0.05, 0) is 43.5 Å². The van der Waals surface area contributed by atoms with Gasteiger partial charge < -0.3 is 15.5 Å². The maximum atomic E-state index is 11.8. The van der Waals surface area contributed by atoms with E-state index in [4.69, 9.17) is 4.99 Å². The highest BCUT2D eigenvalue weighted by Crippen LogP contribution is 2.36. The number of rotatable bonds is 4. The first-order chi connectivity index (χ1) is 14.2. The van der Waals surface area contributed by atoms with Crippen molar-refractivity contribution in [2.75, 3.05) is 26.2 Å². The predicted molar refractivity (Wildman–Crippen MR) is 115 cm³/mol. The zero-order chi connectivity index (χ0) is 20.1. The topological polar surface area (TPSA) is 69.6 Å². The molecule has 0 bridgehead atoms. The van der Waals surface area contributed by atoms with E-state index in [1.54, 1.807) is 0 Å². The van der Waals surface area contributed by atoms with E-state index >= 15 is 0 Å². The first-order valence-electron chi connectivity index (χ1n) is 10.5. The number of carbonyl (C=O) groups is 1. The van der Waals surface area contributed by atoms with Crippen molar-refractivity contribution in [2.24, 2.45) is 10.4 Å². The quantitative estimate of drug-likeness (QED) is 0.621. The van der Waals surface area contributed by atoms with Gasteiger partial charge in [0.25, 0.3) is 0 Å². The molecule has 6 heteroatoms. The van der Waals surface area contributed by atoms with Crippen molar-refractivity contribution in [1.82, 2.24) is 20.5 Å². The number of aromatic nitrogens is 1. The van der Waals surface area contributed by atoms with Crippen LogP contribution in [0.1, 0.15) is 31.7 Å². The van der Waals surface area contributed by atoms with Gasteiger partial charge in [-0.15, -0.1) is 0 Å². The number of benzene rings is 1. The van der Waals surface area contributed by atoms with Crippen LogP contribution in [0.2, 0.25) is 0 Å². The van der Waals surface area contributed by atoms with E-state index in [0.717, 1.165) is 61.8 Å². The molecular weight excluding hydrogens is 362 g/mol. The van der Waals surface area contributed by atoms with E-state index in [2.05, 4.69) is 51.7 Å². The van der Waals surface area contributed by atoms with Crippen LogP contribution in [0.5, 0.6) is 0 Å². The Hall–Kier alpha value is -2.89. The number of guanidine groups is 1. The smallest absolute Gasteiger partial charge is 0.220 e. The molecule has 0 radical (unpaired) electrons. The summed E-state index contributed by atoms with van der Waals surface area (Å²) in [5.41, 5.74) is 3.30. The van der Waals surface area contributed by atoms with Crippen LogP contribution in [0.4, 0.5) is 0 Å². The Kier molecular flexibility index (Phi) is 5.79. The van der Waals surface area contributed by atoms with E-state index in [0.29, 0.717) is 13.0 Å². The van der Waals surface area contributed by atoms with Crippen LogP contribution in [0.15, 0.2) is 53.7 Å². The summed E-state index contributed by atoms with van der Waals surface area (Å²) in [4.78, 5) is 23.5. The summed E-state index contributed by atoms with van der Waals surface area (Å²) in [6, 6.07) is 14.4. The molecule has 1 aromatic carbocycles. The molecule has 0 aliphatic carbocycles. The molecular formula is C23H29N5O. The second kappa shape index (κ2) is 8.64. The van der Waals surface area contributed by atoms with Crippen molar-refractivity contribution in [3.63, 3.8) is 0 Å². The third-order valence-electron chi connectivity index (χ3n) is 5.79. The number of hydrogen-bond donors (Lipinski definition) is 2. The first kappa shape index (κ1) is 19.4. The fraction of sp³-hybridized carbons (Fsp3) is 0.435. The Bertz CT molecular complexity index is 882. The van der Waals surface area contributed by atoms with Gasteiger partial charge in [-0.25, -0.2) is 4.99 Å². The van der Waals surface area contributed by atoms with E-state index in [9.17, 15) is 4.79 Å². The van der Waals surface area contributed by atoms with E-state index in [-0.39, 0.29) is 11.3 Å². The normalized spacial score (nSPS) is 22.0. The molecule has 1 unspecified atom stereocenters. The number of likely N-dealkylation sites (tertiary alicyclic amines) is 1. The molecule has 2 aromatic rings. The molecule has 2 saturated heterocycles. The number of piperidine rings is 1. The zero-order valence-electron chi connectivity index (χ0n) is 17.0. The Morgan fingerprint density at radius 3 is 3.00 bits per heavy atom. The van der Waals surface area contributed by atoms with Gasteiger partial charge in [0.15, 0.2) is 5.96 Å². The molecule has 1 atom stereocenters. The average Bonchev–Trinajstić information content (AvgIpc) is 3.11. The zero-order valence-corrected chi connectivity index (χ0v) is 17.0. The Morgan fingerprint density at radius 2 is 2.24 bits per heavy atom. The van der Waals surface area contributed by atoms with Crippen molar-refractivity contribution in [1.29, 1.82) is 0 Å². The van der Waals surface area contributed by atoms with Crippen LogP contribution in [0, 0.1) is 5.41 Å². The number of aliphatic imine (C=N–C) groups is 1. The minimum absolute atomic E-state index is 0.0599. The lowest BCUT2D eigenvalue weighted by Gasteiger charge is -2.40. The third kappa shape index (κ3) is 4.58. The summed E-state index contributed by atoms with van der Waals surface area (Å²) < 4.78 is 0. The van der Waals surface area contributed by atoms with E-state index in [1.807, 2.05) is 24.4 Å². The van der Waals surface area contributed by atoms with Crippen molar-refractivity contribution in [2.45, 2.75) is 32.7 Å². The lowest BCUT2D eigenvalue weighted by molar-refractivity contribution is -0.119. The second-order valence-corrected chi connectivity index (χ2v) is 8.06. The molecule has 1 amide bonds. The second-order valence-electron chi connectivity index (χ2n) is 8.06. The molecule has 3 heterocycles. The van der Waals surface area contributed by atoms with Gasteiger partial charge in [-0.3, -0.25) is 9.78 Å². The minimum atomic E-state index is 0.0599. The maximum absolute atomic E-state index is 11.8. The summed E-state index contributed by atoms with van der Waals surface area (Å²) in [7, 11) is 0. The number of carbonyl (C=O) groups excluding carboxylic acids is 1. The third-order valence-corrected chi connectivity index (χ3v) is 5.79. The van der Waals surface area contributed by atoms with Gasteiger partial charge in [-0.1, -0.05) is 24.3 Å². The van der Waals surface area contributed by atoms with Crippen molar-refractivity contribution in [3.05, 3.63) is 54.2 Å². The monoisotopic (exact) mass is 391 g/mol. The van der Waals surface area contributed by atoms with Gasteiger partial charge >= 0.3 is 0 Å². The summed E-state index contributed by atoms with van der Waals surface area (Å²) >= 11 is 0. The Balaban J connectivity index is 1.50. The highest BCUT2D eigenvalue weighted by Gasteiger charge is 2.42. The molecule has 152 valence electrons. The van der Waals surface area contributed by atoms with Crippen molar-refractivity contribution >= 4 is 11.9 Å². The summed E-state index contributed by atoms with van der Waals surface area (Å²) in [6.07, 6.45) is 4.65. The predicted octanol–water partition coefficient (Wildman–Crippen LogP) is 2.82. The van der Waals surface area contributed by atoms with Crippen LogP contribution < -0.4 is 10.6 Å². The maximum Gasteiger partial charge on any atom is 0.220 e. The lowest BCUT2D eigenvalue weighted by atomic mass is 9.79. The number of amides is 1. The molecule has 2 aliphatic heterocycles. The van der Waals surface area contributed by atoms with Crippen LogP contribution in [0.3, 0.4) is 0 Å². The van der Waals surface area contributed by atoms with Gasteiger partial charge in [0, 0.05) is 49.8 Å². The standard InChI is InChI=1S/C23H29N5O/c1-2-24-22(28-12-6-10-23(17-28)14-21(29)27-16-23)26-15-18-7-5-8-19(13-18)20-9-3-4-11-25-20/h3-5,7-9,11,13H,2,6,10,12,14-17H2,1H3,(H,24,26)(H,27,29). The number of nitrogens with zero attached hydrogens (tertiary/aromatic N) is 3. The van der Waals surface area contributed by atoms with Crippen LogP contribution in [-0.2, 0) is 11.3 Å². The Labute approximate surface area is 172 Å². The highest BCUT2D eigenvalue weighted by atomic mass is 16.1. The van der Waals surface area contributed by atoms with E-state index < -0.39 is 0 Å². The molecule has 2 aliphatic rings.